The minimum atomic E-state index is 0. The number of nitrogens with two attached hydrogens (primary N) is 1. The molecule has 0 bridgehead atoms. The summed E-state index contributed by atoms with van der Waals surface area (Å²) in [6.07, 6.45) is 3.75. The van der Waals surface area contributed by atoms with Crippen molar-refractivity contribution < 1.29 is 4.79 Å². The van der Waals surface area contributed by atoms with Gasteiger partial charge in [0, 0.05) is 23.0 Å². The van der Waals surface area contributed by atoms with Crippen molar-refractivity contribution in [2.75, 3.05) is 5.32 Å². The Balaban J connectivity index is 0.00000192. The standard InChI is InChI=1S/C15H18N4OS2.ClH/c16-13-3-1-2-10(13)8-14(20)18-11-4-6-12(7-5-11)22-15-19-17-9-21-15;/h4-7,9-10,13H,1-3,8,16H2,(H,18,20);1H/t10-,13+;/m0./s1. The van der Waals surface area contributed by atoms with Gasteiger partial charge in [-0.3, -0.25) is 4.79 Å². The average Bonchev–Trinajstić information content (AvgIpc) is 3.14. The fraction of sp³-hybridized carbons (Fsp3) is 0.400. The zero-order valence-electron chi connectivity index (χ0n) is 12.5. The Bertz CT molecular complexity index is 621. The first-order valence-corrected chi connectivity index (χ1v) is 9.00. The van der Waals surface area contributed by atoms with E-state index in [0.29, 0.717) is 12.3 Å². The van der Waals surface area contributed by atoms with Crippen LogP contribution in [0.4, 0.5) is 5.69 Å². The highest BCUT2D eigenvalue weighted by Crippen LogP contribution is 2.30. The first-order valence-electron chi connectivity index (χ1n) is 7.30. The highest BCUT2D eigenvalue weighted by Gasteiger charge is 2.25. The predicted molar refractivity (Wildman–Crippen MR) is 96.3 cm³/mol. The molecular formula is C15H19ClN4OS2. The maximum atomic E-state index is 12.1. The third-order valence-electron chi connectivity index (χ3n) is 3.85. The van der Waals surface area contributed by atoms with Gasteiger partial charge >= 0.3 is 0 Å². The molecule has 1 aromatic carbocycles. The Labute approximate surface area is 149 Å². The second-order valence-electron chi connectivity index (χ2n) is 5.44. The molecule has 1 saturated carbocycles. The van der Waals surface area contributed by atoms with Crippen LogP contribution in [0.25, 0.3) is 0 Å². The van der Waals surface area contributed by atoms with Crippen LogP contribution in [0.5, 0.6) is 0 Å². The van der Waals surface area contributed by atoms with Gasteiger partial charge in [-0.25, -0.2) is 0 Å². The van der Waals surface area contributed by atoms with E-state index < -0.39 is 0 Å². The molecule has 1 amide bonds. The van der Waals surface area contributed by atoms with Crippen molar-refractivity contribution in [1.29, 1.82) is 0 Å². The number of nitrogens with zero attached hydrogens (tertiary/aromatic N) is 2. The predicted octanol–water partition coefficient (Wildman–Crippen LogP) is 3.57. The summed E-state index contributed by atoms with van der Waals surface area (Å²) in [7, 11) is 0. The van der Waals surface area contributed by atoms with Crippen LogP contribution in [0.1, 0.15) is 25.7 Å². The summed E-state index contributed by atoms with van der Waals surface area (Å²) in [6, 6.07) is 7.95. The van der Waals surface area contributed by atoms with Crippen molar-refractivity contribution in [3.63, 3.8) is 0 Å². The number of aromatic nitrogens is 2. The first-order chi connectivity index (χ1) is 10.7. The van der Waals surface area contributed by atoms with Crippen molar-refractivity contribution >= 4 is 47.1 Å². The van der Waals surface area contributed by atoms with Crippen LogP contribution in [0.3, 0.4) is 0 Å². The molecule has 8 heteroatoms. The maximum absolute atomic E-state index is 12.1. The lowest BCUT2D eigenvalue weighted by atomic mass is 10.00. The van der Waals surface area contributed by atoms with Crippen LogP contribution in [0, 0.1) is 5.92 Å². The molecule has 1 aliphatic rings. The van der Waals surface area contributed by atoms with Gasteiger partial charge < -0.3 is 11.1 Å². The van der Waals surface area contributed by atoms with Gasteiger partial charge in [-0.2, -0.15) is 0 Å². The van der Waals surface area contributed by atoms with Gasteiger partial charge in [-0.15, -0.1) is 22.6 Å². The van der Waals surface area contributed by atoms with Gasteiger partial charge in [0.15, 0.2) is 4.34 Å². The van der Waals surface area contributed by atoms with Gasteiger partial charge in [-0.1, -0.05) is 29.5 Å². The molecule has 124 valence electrons. The molecule has 0 spiro atoms. The van der Waals surface area contributed by atoms with Gasteiger partial charge in [0.2, 0.25) is 5.91 Å². The van der Waals surface area contributed by atoms with Crippen LogP contribution >= 0.6 is 35.5 Å². The molecule has 2 atom stereocenters. The van der Waals surface area contributed by atoms with Crippen LogP contribution < -0.4 is 11.1 Å². The van der Waals surface area contributed by atoms with Crippen molar-refractivity contribution in [2.45, 2.75) is 41.0 Å². The van der Waals surface area contributed by atoms with E-state index in [-0.39, 0.29) is 24.4 Å². The molecule has 3 rings (SSSR count). The highest BCUT2D eigenvalue weighted by atomic mass is 35.5. The molecular weight excluding hydrogens is 352 g/mol. The van der Waals surface area contributed by atoms with Crippen molar-refractivity contribution in [2.24, 2.45) is 11.7 Å². The van der Waals surface area contributed by atoms with Crippen molar-refractivity contribution in [1.82, 2.24) is 10.2 Å². The highest BCUT2D eigenvalue weighted by molar-refractivity contribution is 8.01. The van der Waals surface area contributed by atoms with E-state index in [9.17, 15) is 4.79 Å². The molecule has 0 unspecified atom stereocenters. The smallest absolute Gasteiger partial charge is 0.224 e. The van der Waals surface area contributed by atoms with E-state index in [1.807, 2.05) is 24.3 Å². The number of nitrogens with one attached hydrogen (secondary N) is 1. The van der Waals surface area contributed by atoms with Crippen LogP contribution in [0.2, 0.25) is 0 Å². The molecule has 0 aliphatic heterocycles. The Morgan fingerprint density at radius 1 is 1.35 bits per heavy atom. The number of rotatable bonds is 5. The Hall–Kier alpha value is -1.15. The maximum Gasteiger partial charge on any atom is 0.224 e. The van der Waals surface area contributed by atoms with E-state index in [4.69, 9.17) is 5.73 Å². The lowest BCUT2D eigenvalue weighted by Gasteiger charge is -2.14. The molecule has 5 nitrogen and oxygen atoms in total. The number of carbonyl (C=O) groups is 1. The summed E-state index contributed by atoms with van der Waals surface area (Å²) in [5, 5.41) is 10.8. The molecule has 1 aromatic heterocycles. The number of benzene rings is 1. The fourth-order valence-electron chi connectivity index (χ4n) is 2.68. The molecule has 1 heterocycles. The Morgan fingerprint density at radius 3 is 2.74 bits per heavy atom. The lowest BCUT2D eigenvalue weighted by Crippen LogP contribution is -2.28. The summed E-state index contributed by atoms with van der Waals surface area (Å²) in [4.78, 5) is 13.1. The third-order valence-corrected chi connectivity index (χ3v) is 5.63. The SMILES string of the molecule is Cl.N[C@@H]1CCC[C@H]1CC(=O)Nc1ccc(Sc2nncs2)cc1. The summed E-state index contributed by atoms with van der Waals surface area (Å²) >= 11 is 3.07. The molecule has 3 N–H and O–H groups in total. The summed E-state index contributed by atoms with van der Waals surface area (Å²) in [5.74, 6) is 0.374. The minimum absolute atomic E-state index is 0. The zero-order chi connectivity index (χ0) is 15.4. The van der Waals surface area contributed by atoms with E-state index in [2.05, 4.69) is 15.5 Å². The summed E-state index contributed by atoms with van der Waals surface area (Å²) in [5.41, 5.74) is 8.54. The average molecular weight is 371 g/mol. The van der Waals surface area contributed by atoms with Gasteiger partial charge in [0.05, 0.1) is 0 Å². The lowest BCUT2D eigenvalue weighted by molar-refractivity contribution is -0.117. The largest absolute Gasteiger partial charge is 0.327 e. The molecule has 23 heavy (non-hydrogen) atoms. The van der Waals surface area contributed by atoms with Gasteiger partial charge in [-0.05, 0) is 43.0 Å². The number of amides is 1. The number of carbonyl (C=O) groups excluding carboxylic acids is 1. The Kier molecular flexibility index (Phi) is 6.83. The van der Waals surface area contributed by atoms with Crippen LogP contribution in [-0.2, 0) is 4.79 Å². The number of hydrogen-bond donors (Lipinski definition) is 2. The van der Waals surface area contributed by atoms with E-state index in [1.165, 1.54) is 11.3 Å². The third kappa shape index (κ3) is 5.17. The first kappa shape index (κ1) is 18.2. The van der Waals surface area contributed by atoms with E-state index in [0.717, 1.165) is 34.2 Å². The molecule has 0 saturated heterocycles. The van der Waals surface area contributed by atoms with E-state index >= 15 is 0 Å². The van der Waals surface area contributed by atoms with Crippen molar-refractivity contribution in [3.05, 3.63) is 29.8 Å². The summed E-state index contributed by atoms with van der Waals surface area (Å²) < 4.78 is 0.909. The van der Waals surface area contributed by atoms with Crippen LogP contribution in [0.15, 0.2) is 39.0 Å². The second kappa shape index (κ2) is 8.63. The number of hydrogen-bond acceptors (Lipinski definition) is 6. The number of halogens is 1. The van der Waals surface area contributed by atoms with Gasteiger partial charge in [0.25, 0.3) is 0 Å². The monoisotopic (exact) mass is 370 g/mol. The number of anilines is 1. The van der Waals surface area contributed by atoms with Gasteiger partial charge in [0.1, 0.15) is 5.51 Å². The fourth-order valence-corrected chi connectivity index (χ4v) is 4.13. The minimum Gasteiger partial charge on any atom is -0.327 e. The molecule has 0 radical (unpaired) electrons. The summed E-state index contributed by atoms with van der Waals surface area (Å²) in [6.45, 7) is 0. The topological polar surface area (TPSA) is 80.9 Å². The van der Waals surface area contributed by atoms with Crippen LogP contribution in [-0.4, -0.2) is 22.1 Å². The quantitative estimate of drug-likeness (QED) is 0.840. The molecule has 2 aromatic rings. The Morgan fingerprint density at radius 2 is 2.13 bits per heavy atom. The zero-order valence-corrected chi connectivity index (χ0v) is 14.9. The van der Waals surface area contributed by atoms with Crippen molar-refractivity contribution in [3.8, 4) is 0 Å². The molecule has 1 aliphatic carbocycles. The van der Waals surface area contributed by atoms with E-state index in [1.54, 1.807) is 17.3 Å². The second-order valence-corrected chi connectivity index (χ2v) is 7.59. The molecule has 1 fully saturated rings. The normalized spacial score (nSPS) is 20.0.